The van der Waals surface area contributed by atoms with Gasteiger partial charge in [-0.15, -0.1) is 0 Å². The molecule has 1 aromatic heterocycles. The highest BCUT2D eigenvalue weighted by atomic mass is 16.1. The molecule has 0 unspecified atom stereocenters. The minimum absolute atomic E-state index is 0.187. The van der Waals surface area contributed by atoms with Crippen LogP contribution in [0.5, 0.6) is 0 Å². The second kappa shape index (κ2) is 4.58. The molecule has 0 saturated heterocycles. The largest absolute Gasteiger partial charge is 0.358 e. The second-order valence-electron chi connectivity index (χ2n) is 5.41. The van der Waals surface area contributed by atoms with Crippen molar-refractivity contribution in [1.29, 1.82) is 0 Å². The molecule has 0 aliphatic heterocycles. The van der Waals surface area contributed by atoms with Crippen LogP contribution in [0.1, 0.15) is 29.9 Å². The number of aromatic amines is 1. The summed E-state index contributed by atoms with van der Waals surface area (Å²) in [6.45, 7) is 6.59. The molecule has 0 aliphatic carbocycles. The quantitative estimate of drug-likeness (QED) is 0.812. The fourth-order valence-electron chi connectivity index (χ4n) is 2.43. The van der Waals surface area contributed by atoms with Gasteiger partial charge >= 0.3 is 0 Å². The Balaban J connectivity index is 2.54. The molecule has 0 radical (unpaired) electrons. The lowest BCUT2D eigenvalue weighted by Crippen LogP contribution is -2.34. The molecule has 0 amide bonds. The third kappa shape index (κ3) is 2.06. The van der Waals surface area contributed by atoms with E-state index in [1.165, 1.54) is 0 Å². The normalized spacial score (nSPS) is 12.0. The Morgan fingerprint density at radius 1 is 1.33 bits per heavy atom. The van der Waals surface area contributed by atoms with E-state index < -0.39 is 5.41 Å². The zero-order valence-electron chi connectivity index (χ0n) is 11.4. The molecule has 0 spiro atoms. The molecule has 1 aromatic carbocycles. The van der Waals surface area contributed by atoms with Crippen molar-refractivity contribution in [2.45, 2.75) is 20.8 Å². The number of Topliss-reactive ketones (excluding diaryl/α,β-unsaturated/α-hetero) is 1. The number of carbonyl (C=O) groups excluding carboxylic acids is 1. The first-order chi connectivity index (χ1) is 8.47. The van der Waals surface area contributed by atoms with E-state index in [0.717, 1.165) is 22.2 Å². The highest BCUT2D eigenvalue weighted by Gasteiger charge is 2.30. The maximum Gasteiger partial charge on any atom is 0.172 e. The number of para-hydroxylation sites is 1. The third-order valence-corrected chi connectivity index (χ3v) is 3.35. The molecule has 0 aliphatic rings. The zero-order valence-corrected chi connectivity index (χ0v) is 11.4. The van der Waals surface area contributed by atoms with Gasteiger partial charge in [-0.2, -0.15) is 0 Å². The highest BCUT2D eigenvalue weighted by Crippen LogP contribution is 2.29. The number of hydrogen-bond acceptors (Lipinski definition) is 2. The van der Waals surface area contributed by atoms with Crippen molar-refractivity contribution in [3.63, 3.8) is 0 Å². The van der Waals surface area contributed by atoms with Gasteiger partial charge in [0.15, 0.2) is 5.78 Å². The van der Waals surface area contributed by atoms with E-state index in [1.54, 1.807) is 0 Å². The van der Waals surface area contributed by atoms with Crippen molar-refractivity contribution in [2.75, 3.05) is 13.6 Å². The second-order valence-corrected chi connectivity index (χ2v) is 5.41. The van der Waals surface area contributed by atoms with Gasteiger partial charge in [-0.25, -0.2) is 0 Å². The van der Waals surface area contributed by atoms with E-state index in [1.807, 2.05) is 52.1 Å². The Hall–Kier alpha value is -1.61. The summed E-state index contributed by atoms with van der Waals surface area (Å²) >= 11 is 0. The molecule has 0 bridgehead atoms. The van der Waals surface area contributed by atoms with Crippen molar-refractivity contribution in [3.8, 4) is 0 Å². The monoisotopic (exact) mass is 244 g/mol. The molecule has 2 N–H and O–H groups in total. The van der Waals surface area contributed by atoms with Crippen molar-refractivity contribution >= 4 is 16.7 Å². The van der Waals surface area contributed by atoms with Crippen LogP contribution in [0.2, 0.25) is 0 Å². The summed E-state index contributed by atoms with van der Waals surface area (Å²) in [5, 5.41) is 4.11. The fourth-order valence-corrected chi connectivity index (χ4v) is 2.43. The van der Waals surface area contributed by atoms with E-state index in [-0.39, 0.29) is 5.78 Å². The smallest absolute Gasteiger partial charge is 0.172 e. The van der Waals surface area contributed by atoms with Crippen LogP contribution in [-0.4, -0.2) is 24.4 Å². The standard InChI is InChI=1S/C15H20N2O/c1-10-13(14(18)15(2,3)9-16-4)11-7-5-6-8-12(11)17-10/h5-8,16-17H,9H2,1-4H3. The summed E-state index contributed by atoms with van der Waals surface area (Å²) in [4.78, 5) is 16.0. The third-order valence-electron chi connectivity index (χ3n) is 3.35. The topological polar surface area (TPSA) is 44.9 Å². The molecule has 1 heterocycles. The van der Waals surface area contributed by atoms with Crippen LogP contribution < -0.4 is 5.32 Å². The SMILES string of the molecule is CNCC(C)(C)C(=O)c1c(C)[nH]c2ccccc12. The molecular weight excluding hydrogens is 224 g/mol. The van der Waals surface area contributed by atoms with Gasteiger partial charge in [0, 0.05) is 34.1 Å². The summed E-state index contributed by atoms with van der Waals surface area (Å²) in [6, 6.07) is 7.95. The number of nitrogens with one attached hydrogen (secondary N) is 2. The lowest BCUT2D eigenvalue weighted by Gasteiger charge is -2.22. The number of aromatic nitrogens is 1. The van der Waals surface area contributed by atoms with E-state index in [2.05, 4.69) is 10.3 Å². The number of fused-ring (bicyclic) bond motifs is 1. The van der Waals surface area contributed by atoms with Crippen LogP contribution in [0, 0.1) is 12.3 Å². The summed E-state index contributed by atoms with van der Waals surface area (Å²) < 4.78 is 0. The van der Waals surface area contributed by atoms with Crippen LogP contribution in [-0.2, 0) is 0 Å². The number of H-pyrrole nitrogens is 1. The number of rotatable bonds is 4. The first-order valence-corrected chi connectivity index (χ1v) is 6.24. The number of hydrogen-bond donors (Lipinski definition) is 2. The van der Waals surface area contributed by atoms with Crippen molar-refractivity contribution in [2.24, 2.45) is 5.41 Å². The van der Waals surface area contributed by atoms with Crippen LogP contribution in [0.15, 0.2) is 24.3 Å². The first-order valence-electron chi connectivity index (χ1n) is 6.24. The van der Waals surface area contributed by atoms with Gasteiger partial charge in [-0.1, -0.05) is 32.0 Å². The zero-order chi connectivity index (χ0) is 13.3. The van der Waals surface area contributed by atoms with E-state index in [0.29, 0.717) is 6.54 Å². The lowest BCUT2D eigenvalue weighted by atomic mass is 9.83. The van der Waals surface area contributed by atoms with Gasteiger partial charge in [0.05, 0.1) is 0 Å². The Morgan fingerprint density at radius 3 is 2.67 bits per heavy atom. The molecule has 0 saturated carbocycles. The van der Waals surface area contributed by atoms with Crippen LogP contribution in [0.4, 0.5) is 0 Å². The molecular formula is C15H20N2O. The highest BCUT2D eigenvalue weighted by molar-refractivity contribution is 6.11. The van der Waals surface area contributed by atoms with Crippen molar-refractivity contribution in [3.05, 3.63) is 35.5 Å². The molecule has 2 rings (SSSR count). The Bertz CT molecular complexity index is 581. The number of carbonyl (C=O) groups is 1. The Kier molecular flexibility index (Phi) is 3.26. The molecule has 2 aromatic rings. The fraction of sp³-hybridized carbons (Fsp3) is 0.400. The molecule has 0 atom stereocenters. The van der Waals surface area contributed by atoms with E-state index in [4.69, 9.17) is 0 Å². The summed E-state index contributed by atoms with van der Waals surface area (Å²) in [5.41, 5.74) is 2.40. The Labute approximate surface area is 108 Å². The summed E-state index contributed by atoms with van der Waals surface area (Å²) in [6.07, 6.45) is 0. The van der Waals surface area contributed by atoms with Gasteiger partial charge in [0.25, 0.3) is 0 Å². The minimum atomic E-state index is -0.398. The average Bonchev–Trinajstić information content (AvgIpc) is 2.63. The van der Waals surface area contributed by atoms with Gasteiger partial charge in [-0.3, -0.25) is 4.79 Å². The van der Waals surface area contributed by atoms with Crippen LogP contribution in [0.3, 0.4) is 0 Å². The van der Waals surface area contributed by atoms with Crippen molar-refractivity contribution < 1.29 is 4.79 Å². The maximum absolute atomic E-state index is 12.7. The molecule has 0 fully saturated rings. The van der Waals surface area contributed by atoms with Gasteiger partial charge in [0.2, 0.25) is 0 Å². The maximum atomic E-state index is 12.7. The predicted octanol–water partition coefficient (Wildman–Crippen LogP) is 2.90. The van der Waals surface area contributed by atoms with Crippen LogP contribution in [0.25, 0.3) is 10.9 Å². The van der Waals surface area contributed by atoms with Crippen LogP contribution >= 0.6 is 0 Å². The predicted molar refractivity (Wildman–Crippen MR) is 75.1 cm³/mol. The summed E-state index contributed by atoms with van der Waals surface area (Å²) in [7, 11) is 1.87. The van der Waals surface area contributed by atoms with Gasteiger partial charge in [0.1, 0.15) is 0 Å². The minimum Gasteiger partial charge on any atom is -0.358 e. The number of aryl methyl sites for hydroxylation is 1. The molecule has 3 nitrogen and oxygen atoms in total. The van der Waals surface area contributed by atoms with Crippen molar-refractivity contribution in [1.82, 2.24) is 10.3 Å². The molecule has 3 heteroatoms. The van der Waals surface area contributed by atoms with E-state index in [9.17, 15) is 4.79 Å². The lowest BCUT2D eigenvalue weighted by molar-refractivity contribution is 0.0840. The molecule has 96 valence electrons. The van der Waals surface area contributed by atoms with Gasteiger partial charge < -0.3 is 10.3 Å². The number of ketones is 1. The Morgan fingerprint density at radius 2 is 2.00 bits per heavy atom. The molecule has 18 heavy (non-hydrogen) atoms. The van der Waals surface area contributed by atoms with Gasteiger partial charge in [-0.05, 0) is 20.0 Å². The average molecular weight is 244 g/mol. The first kappa shape index (κ1) is 12.8. The number of benzene rings is 1. The van der Waals surface area contributed by atoms with E-state index >= 15 is 0 Å². The summed E-state index contributed by atoms with van der Waals surface area (Å²) in [5.74, 6) is 0.187.